The molecule has 0 aromatic heterocycles. The van der Waals surface area contributed by atoms with Gasteiger partial charge in [-0.05, 0) is 42.7 Å². The molecular formula is C22H35FIN3O. The fourth-order valence-electron chi connectivity index (χ4n) is 4.29. The summed E-state index contributed by atoms with van der Waals surface area (Å²) in [7, 11) is 1.79. The van der Waals surface area contributed by atoms with E-state index in [-0.39, 0.29) is 46.7 Å². The van der Waals surface area contributed by atoms with Gasteiger partial charge >= 0.3 is 0 Å². The Morgan fingerprint density at radius 1 is 1.25 bits per heavy atom. The fraction of sp³-hybridized carbons (Fsp3) is 0.682. The molecule has 1 saturated carbocycles. The largest absolute Gasteiger partial charge is 0.377 e. The Morgan fingerprint density at radius 3 is 2.57 bits per heavy atom. The van der Waals surface area contributed by atoms with Gasteiger partial charge in [0.25, 0.3) is 0 Å². The lowest BCUT2D eigenvalue weighted by molar-refractivity contribution is -0.0835. The Kier molecular flexibility index (Phi) is 8.14. The Balaban J connectivity index is 0.00000280. The minimum atomic E-state index is -0.105. The van der Waals surface area contributed by atoms with Crippen LogP contribution in [0, 0.1) is 17.2 Å². The molecule has 1 aromatic carbocycles. The van der Waals surface area contributed by atoms with E-state index < -0.39 is 0 Å². The lowest BCUT2D eigenvalue weighted by Gasteiger charge is -2.40. The lowest BCUT2D eigenvalue weighted by Crippen LogP contribution is -2.48. The van der Waals surface area contributed by atoms with Crippen LogP contribution in [-0.2, 0) is 10.2 Å². The zero-order chi connectivity index (χ0) is 19.5. The van der Waals surface area contributed by atoms with Crippen LogP contribution in [0.15, 0.2) is 29.3 Å². The highest BCUT2D eigenvalue weighted by molar-refractivity contribution is 14.0. The van der Waals surface area contributed by atoms with Crippen molar-refractivity contribution < 1.29 is 9.13 Å². The molecule has 2 N–H and O–H groups in total. The molecule has 0 amide bonds. The predicted octanol–water partition coefficient (Wildman–Crippen LogP) is 4.48. The van der Waals surface area contributed by atoms with Crippen LogP contribution in [0.3, 0.4) is 0 Å². The first kappa shape index (κ1) is 23.4. The molecule has 28 heavy (non-hydrogen) atoms. The third-order valence-electron chi connectivity index (χ3n) is 5.95. The van der Waals surface area contributed by atoms with Gasteiger partial charge in [-0.25, -0.2) is 4.39 Å². The summed E-state index contributed by atoms with van der Waals surface area (Å²) in [5, 5.41) is 6.90. The summed E-state index contributed by atoms with van der Waals surface area (Å²) in [6.07, 6.45) is 4.57. The van der Waals surface area contributed by atoms with Crippen LogP contribution >= 0.6 is 24.0 Å². The van der Waals surface area contributed by atoms with Crippen molar-refractivity contribution in [3.63, 3.8) is 0 Å². The number of benzene rings is 1. The van der Waals surface area contributed by atoms with Crippen molar-refractivity contribution in [1.82, 2.24) is 10.6 Å². The van der Waals surface area contributed by atoms with Crippen molar-refractivity contribution >= 4 is 29.9 Å². The van der Waals surface area contributed by atoms with Gasteiger partial charge in [0.15, 0.2) is 5.96 Å². The number of nitrogens with zero attached hydrogens (tertiary/aromatic N) is 1. The molecular weight excluding hydrogens is 468 g/mol. The minimum absolute atomic E-state index is 0. The SMILES string of the molecule is CN=C(NCC1CCCOC1C(C)(C)C)NCC1(c2ccccc2F)CC1.I. The van der Waals surface area contributed by atoms with Crippen LogP contribution in [0.25, 0.3) is 0 Å². The first-order valence-electron chi connectivity index (χ1n) is 10.2. The van der Waals surface area contributed by atoms with Gasteiger partial charge in [-0.2, -0.15) is 0 Å². The molecule has 158 valence electrons. The number of hydrogen-bond donors (Lipinski definition) is 2. The Bertz CT molecular complexity index is 670. The van der Waals surface area contributed by atoms with Crippen LogP contribution in [0.5, 0.6) is 0 Å². The molecule has 0 bridgehead atoms. The second kappa shape index (κ2) is 9.74. The zero-order valence-corrected chi connectivity index (χ0v) is 19.9. The maximum absolute atomic E-state index is 14.2. The van der Waals surface area contributed by atoms with Gasteiger partial charge in [0.2, 0.25) is 0 Å². The third kappa shape index (κ3) is 5.59. The standard InChI is InChI=1S/C22H34FN3O.HI/c1-21(2,3)19-16(8-7-13-27-19)14-25-20(24-4)26-15-22(11-12-22)17-9-5-6-10-18(17)23;/h5-6,9-10,16,19H,7-8,11-15H2,1-4H3,(H2,24,25,26);1H. The monoisotopic (exact) mass is 503 g/mol. The zero-order valence-electron chi connectivity index (χ0n) is 17.6. The van der Waals surface area contributed by atoms with Crippen LogP contribution < -0.4 is 10.6 Å². The molecule has 1 aliphatic carbocycles. The smallest absolute Gasteiger partial charge is 0.191 e. The number of aliphatic imine (C=N–C) groups is 1. The average Bonchev–Trinajstić information content (AvgIpc) is 3.42. The van der Waals surface area contributed by atoms with Crippen molar-refractivity contribution in [1.29, 1.82) is 0 Å². The van der Waals surface area contributed by atoms with E-state index in [4.69, 9.17) is 4.74 Å². The van der Waals surface area contributed by atoms with Crippen molar-refractivity contribution in [2.75, 3.05) is 26.7 Å². The van der Waals surface area contributed by atoms with Crippen LogP contribution in [-0.4, -0.2) is 38.8 Å². The summed E-state index contributed by atoms with van der Waals surface area (Å²) in [5.41, 5.74) is 0.860. The molecule has 3 rings (SSSR count). The first-order chi connectivity index (χ1) is 12.9. The summed E-state index contributed by atoms with van der Waals surface area (Å²) in [5.74, 6) is 1.15. The van der Waals surface area contributed by atoms with E-state index in [1.807, 2.05) is 12.1 Å². The van der Waals surface area contributed by atoms with Crippen LogP contribution in [0.2, 0.25) is 0 Å². The fourth-order valence-corrected chi connectivity index (χ4v) is 4.29. The highest BCUT2D eigenvalue weighted by Gasteiger charge is 2.46. The van der Waals surface area contributed by atoms with Gasteiger partial charge in [0.1, 0.15) is 5.82 Å². The highest BCUT2D eigenvalue weighted by Crippen LogP contribution is 2.48. The molecule has 0 radical (unpaired) electrons. The number of halogens is 2. The van der Waals surface area contributed by atoms with E-state index in [0.29, 0.717) is 12.5 Å². The van der Waals surface area contributed by atoms with Crippen molar-refractivity contribution in [2.45, 2.75) is 58.0 Å². The van der Waals surface area contributed by atoms with E-state index in [9.17, 15) is 4.39 Å². The Morgan fingerprint density at radius 2 is 1.96 bits per heavy atom. The van der Waals surface area contributed by atoms with Gasteiger partial charge in [0, 0.05) is 38.1 Å². The first-order valence-corrected chi connectivity index (χ1v) is 10.2. The minimum Gasteiger partial charge on any atom is -0.377 e. The summed E-state index contributed by atoms with van der Waals surface area (Å²) in [6, 6.07) is 7.13. The van der Waals surface area contributed by atoms with E-state index >= 15 is 0 Å². The number of nitrogens with one attached hydrogen (secondary N) is 2. The van der Waals surface area contributed by atoms with Gasteiger partial charge in [-0.1, -0.05) is 39.0 Å². The quantitative estimate of drug-likeness (QED) is 0.354. The molecule has 6 heteroatoms. The van der Waals surface area contributed by atoms with Crippen molar-refractivity contribution in [3.05, 3.63) is 35.6 Å². The molecule has 2 unspecified atom stereocenters. The summed E-state index contributed by atoms with van der Waals surface area (Å²) < 4.78 is 20.3. The van der Waals surface area contributed by atoms with Gasteiger partial charge in [0.05, 0.1) is 6.10 Å². The molecule has 1 heterocycles. The van der Waals surface area contributed by atoms with E-state index in [1.54, 1.807) is 19.2 Å². The summed E-state index contributed by atoms with van der Waals surface area (Å²) in [4.78, 5) is 4.37. The van der Waals surface area contributed by atoms with Gasteiger partial charge in [-0.3, -0.25) is 4.99 Å². The van der Waals surface area contributed by atoms with Gasteiger partial charge in [-0.15, -0.1) is 24.0 Å². The molecule has 2 fully saturated rings. The topological polar surface area (TPSA) is 45.7 Å². The summed E-state index contributed by atoms with van der Waals surface area (Å²) in [6.45, 7) is 9.14. The molecule has 2 aliphatic rings. The third-order valence-corrected chi connectivity index (χ3v) is 5.95. The van der Waals surface area contributed by atoms with Crippen LogP contribution in [0.1, 0.15) is 52.0 Å². The van der Waals surface area contributed by atoms with Gasteiger partial charge < -0.3 is 15.4 Å². The molecule has 1 aliphatic heterocycles. The number of ether oxygens (including phenoxy) is 1. The van der Waals surface area contributed by atoms with Crippen molar-refractivity contribution in [2.24, 2.45) is 16.3 Å². The molecule has 2 atom stereocenters. The lowest BCUT2D eigenvalue weighted by atomic mass is 9.78. The predicted molar refractivity (Wildman–Crippen MR) is 124 cm³/mol. The Hall–Kier alpha value is -0.890. The van der Waals surface area contributed by atoms with E-state index in [0.717, 1.165) is 43.9 Å². The molecule has 4 nitrogen and oxygen atoms in total. The number of guanidine groups is 1. The van der Waals surface area contributed by atoms with E-state index in [2.05, 4.69) is 36.4 Å². The van der Waals surface area contributed by atoms with Crippen LogP contribution in [0.4, 0.5) is 4.39 Å². The number of hydrogen-bond acceptors (Lipinski definition) is 2. The maximum atomic E-state index is 14.2. The summed E-state index contributed by atoms with van der Waals surface area (Å²) >= 11 is 0. The highest BCUT2D eigenvalue weighted by atomic mass is 127. The molecule has 1 saturated heterocycles. The Labute approximate surface area is 186 Å². The number of rotatable bonds is 5. The second-order valence-corrected chi connectivity index (χ2v) is 9.13. The normalized spacial score (nSPS) is 24.2. The van der Waals surface area contributed by atoms with Crippen molar-refractivity contribution in [3.8, 4) is 0 Å². The molecule has 1 aromatic rings. The second-order valence-electron chi connectivity index (χ2n) is 9.13. The average molecular weight is 503 g/mol. The van der Waals surface area contributed by atoms with E-state index in [1.165, 1.54) is 6.42 Å². The molecule has 0 spiro atoms. The maximum Gasteiger partial charge on any atom is 0.191 e.